The van der Waals surface area contributed by atoms with E-state index in [1.54, 1.807) is 6.07 Å². The number of aryl methyl sites for hydroxylation is 1. The Bertz CT molecular complexity index is 670. The van der Waals surface area contributed by atoms with Crippen LogP contribution in [-0.4, -0.2) is 28.6 Å². The Morgan fingerprint density at radius 1 is 1.29 bits per heavy atom. The summed E-state index contributed by atoms with van der Waals surface area (Å²) in [6, 6.07) is 10.2. The van der Waals surface area contributed by atoms with Crippen LogP contribution in [0.5, 0.6) is 5.75 Å². The van der Waals surface area contributed by atoms with Gasteiger partial charge in [-0.2, -0.15) is 0 Å². The molecular formula is C15H14N2O4. The van der Waals surface area contributed by atoms with Crippen LogP contribution in [-0.2, 0) is 4.79 Å². The topological polar surface area (TPSA) is 88.5 Å². The number of ether oxygens (including phenoxy) is 1. The molecule has 0 saturated carbocycles. The zero-order chi connectivity index (χ0) is 15.2. The van der Waals surface area contributed by atoms with Crippen molar-refractivity contribution in [1.82, 2.24) is 4.98 Å². The van der Waals surface area contributed by atoms with Crippen molar-refractivity contribution in [2.24, 2.45) is 0 Å². The van der Waals surface area contributed by atoms with Crippen LogP contribution in [0.3, 0.4) is 0 Å². The third kappa shape index (κ3) is 4.04. The van der Waals surface area contributed by atoms with Gasteiger partial charge in [-0.1, -0.05) is 18.2 Å². The number of amides is 1. The monoisotopic (exact) mass is 286 g/mol. The number of carboxylic acids is 1. The quantitative estimate of drug-likeness (QED) is 0.878. The van der Waals surface area contributed by atoms with Gasteiger partial charge in [-0.3, -0.25) is 4.79 Å². The molecule has 0 radical (unpaired) electrons. The molecule has 1 aromatic heterocycles. The van der Waals surface area contributed by atoms with E-state index in [1.165, 1.54) is 18.3 Å². The van der Waals surface area contributed by atoms with Crippen LogP contribution in [0.4, 0.5) is 5.69 Å². The van der Waals surface area contributed by atoms with E-state index in [4.69, 9.17) is 9.84 Å². The Hall–Kier alpha value is -2.89. The number of hydrogen-bond acceptors (Lipinski definition) is 4. The van der Waals surface area contributed by atoms with Crippen LogP contribution < -0.4 is 10.1 Å². The summed E-state index contributed by atoms with van der Waals surface area (Å²) in [5.41, 5.74) is 1.16. The number of para-hydroxylation sites is 1. The van der Waals surface area contributed by atoms with Crippen LogP contribution in [0.1, 0.15) is 16.1 Å². The maximum atomic E-state index is 11.8. The molecule has 108 valence electrons. The number of rotatable bonds is 5. The highest BCUT2D eigenvalue weighted by atomic mass is 16.5. The van der Waals surface area contributed by atoms with Gasteiger partial charge in [0.05, 0.1) is 0 Å². The number of nitrogens with one attached hydrogen (secondary N) is 1. The molecule has 6 heteroatoms. The minimum atomic E-state index is -1.15. The van der Waals surface area contributed by atoms with Crippen molar-refractivity contribution in [2.75, 3.05) is 11.9 Å². The second kappa shape index (κ2) is 6.51. The number of carbonyl (C=O) groups is 2. The van der Waals surface area contributed by atoms with E-state index >= 15 is 0 Å². The van der Waals surface area contributed by atoms with E-state index in [9.17, 15) is 9.59 Å². The molecule has 1 heterocycles. The largest absolute Gasteiger partial charge is 0.483 e. The fourth-order valence-corrected chi connectivity index (χ4v) is 1.68. The lowest BCUT2D eigenvalue weighted by Crippen LogP contribution is -2.20. The second-order valence-corrected chi connectivity index (χ2v) is 4.34. The summed E-state index contributed by atoms with van der Waals surface area (Å²) in [5, 5.41) is 11.4. The normalized spacial score (nSPS) is 9.95. The Morgan fingerprint density at radius 3 is 2.76 bits per heavy atom. The highest BCUT2D eigenvalue weighted by Crippen LogP contribution is 2.16. The molecular weight excluding hydrogens is 272 g/mol. The van der Waals surface area contributed by atoms with E-state index in [0.717, 1.165) is 5.56 Å². The summed E-state index contributed by atoms with van der Waals surface area (Å²) < 4.78 is 5.40. The molecule has 0 aliphatic heterocycles. The standard InChI is InChI=1S/C15H14N2O4/c1-10-4-2-3-5-13(10)21-9-14(18)17-11-6-7-16-12(8-11)15(19)20/h2-8H,9H2,1H3,(H,19,20)(H,16,17,18). The molecule has 0 spiro atoms. The van der Waals surface area contributed by atoms with Gasteiger partial charge in [0.1, 0.15) is 11.4 Å². The molecule has 0 aliphatic carbocycles. The van der Waals surface area contributed by atoms with Crippen LogP contribution >= 0.6 is 0 Å². The average Bonchev–Trinajstić information content (AvgIpc) is 2.46. The Morgan fingerprint density at radius 2 is 2.05 bits per heavy atom. The lowest BCUT2D eigenvalue weighted by Gasteiger charge is -2.09. The minimum Gasteiger partial charge on any atom is -0.483 e. The summed E-state index contributed by atoms with van der Waals surface area (Å²) >= 11 is 0. The van der Waals surface area contributed by atoms with Gasteiger partial charge in [-0.25, -0.2) is 9.78 Å². The summed E-state index contributed by atoms with van der Waals surface area (Å²) in [4.78, 5) is 26.2. The number of aromatic carboxylic acids is 1. The lowest BCUT2D eigenvalue weighted by molar-refractivity contribution is -0.118. The molecule has 0 unspecified atom stereocenters. The number of carboxylic acid groups (broad SMARTS) is 1. The third-order valence-corrected chi connectivity index (χ3v) is 2.72. The van der Waals surface area contributed by atoms with Gasteiger partial charge in [0.15, 0.2) is 6.61 Å². The SMILES string of the molecule is Cc1ccccc1OCC(=O)Nc1ccnc(C(=O)O)c1. The molecule has 2 aromatic rings. The molecule has 0 saturated heterocycles. The minimum absolute atomic E-state index is 0.132. The van der Waals surface area contributed by atoms with Gasteiger partial charge in [0.2, 0.25) is 0 Å². The average molecular weight is 286 g/mol. The van der Waals surface area contributed by atoms with E-state index in [0.29, 0.717) is 11.4 Å². The molecule has 1 aromatic carbocycles. The maximum Gasteiger partial charge on any atom is 0.354 e. The van der Waals surface area contributed by atoms with Gasteiger partial charge in [-0.15, -0.1) is 0 Å². The number of carbonyl (C=O) groups excluding carboxylic acids is 1. The highest BCUT2D eigenvalue weighted by molar-refractivity contribution is 5.93. The number of benzene rings is 1. The molecule has 0 aliphatic rings. The first-order chi connectivity index (χ1) is 10.1. The molecule has 0 bridgehead atoms. The van der Waals surface area contributed by atoms with Crippen molar-refractivity contribution >= 4 is 17.6 Å². The number of nitrogens with zero attached hydrogens (tertiary/aromatic N) is 1. The molecule has 0 fully saturated rings. The van der Waals surface area contributed by atoms with Crippen LogP contribution in [0.25, 0.3) is 0 Å². The summed E-state index contributed by atoms with van der Waals surface area (Å²) in [6.45, 7) is 1.73. The molecule has 21 heavy (non-hydrogen) atoms. The number of anilines is 1. The first-order valence-electron chi connectivity index (χ1n) is 6.24. The smallest absolute Gasteiger partial charge is 0.354 e. The van der Waals surface area contributed by atoms with Gasteiger partial charge in [0, 0.05) is 11.9 Å². The van der Waals surface area contributed by atoms with E-state index in [1.807, 2.05) is 25.1 Å². The molecule has 2 rings (SSSR count). The van der Waals surface area contributed by atoms with Gasteiger partial charge in [0.25, 0.3) is 5.91 Å². The van der Waals surface area contributed by atoms with E-state index in [-0.39, 0.29) is 18.2 Å². The summed E-state index contributed by atoms with van der Waals surface area (Å²) in [5.74, 6) is -0.892. The van der Waals surface area contributed by atoms with Crippen LogP contribution in [0.2, 0.25) is 0 Å². The number of pyridine rings is 1. The fourth-order valence-electron chi connectivity index (χ4n) is 1.68. The van der Waals surface area contributed by atoms with Gasteiger partial charge < -0.3 is 15.2 Å². The van der Waals surface area contributed by atoms with Gasteiger partial charge in [-0.05, 0) is 30.7 Å². The maximum absolute atomic E-state index is 11.8. The van der Waals surface area contributed by atoms with Crippen LogP contribution in [0.15, 0.2) is 42.6 Å². The number of aromatic nitrogens is 1. The molecule has 2 N–H and O–H groups in total. The Kier molecular flexibility index (Phi) is 4.50. The van der Waals surface area contributed by atoms with Crippen molar-refractivity contribution in [2.45, 2.75) is 6.92 Å². The first kappa shape index (κ1) is 14.5. The molecule has 0 atom stereocenters. The zero-order valence-electron chi connectivity index (χ0n) is 11.4. The van der Waals surface area contributed by atoms with Gasteiger partial charge >= 0.3 is 5.97 Å². The first-order valence-corrected chi connectivity index (χ1v) is 6.24. The number of hydrogen-bond donors (Lipinski definition) is 2. The van der Waals surface area contributed by atoms with Crippen molar-refractivity contribution in [1.29, 1.82) is 0 Å². The van der Waals surface area contributed by atoms with Crippen molar-refractivity contribution in [3.8, 4) is 5.75 Å². The van der Waals surface area contributed by atoms with E-state index < -0.39 is 5.97 Å². The predicted molar refractivity (Wildman–Crippen MR) is 76.5 cm³/mol. The highest BCUT2D eigenvalue weighted by Gasteiger charge is 2.08. The Labute approximate surface area is 121 Å². The Balaban J connectivity index is 1.95. The second-order valence-electron chi connectivity index (χ2n) is 4.34. The zero-order valence-corrected chi connectivity index (χ0v) is 11.4. The lowest BCUT2D eigenvalue weighted by atomic mass is 10.2. The summed E-state index contributed by atoms with van der Waals surface area (Å²) in [7, 11) is 0. The van der Waals surface area contributed by atoms with E-state index in [2.05, 4.69) is 10.3 Å². The molecule has 6 nitrogen and oxygen atoms in total. The predicted octanol–water partition coefficient (Wildman–Crippen LogP) is 2.11. The van der Waals surface area contributed by atoms with Crippen molar-refractivity contribution in [3.63, 3.8) is 0 Å². The molecule has 1 amide bonds. The van der Waals surface area contributed by atoms with Crippen molar-refractivity contribution < 1.29 is 19.4 Å². The van der Waals surface area contributed by atoms with Crippen molar-refractivity contribution in [3.05, 3.63) is 53.9 Å². The fraction of sp³-hybridized carbons (Fsp3) is 0.133. The third-order valence-electron chi connectivity index (χ3n) is 2.72. The summed E-state index contributed by atoms with van der Waals surface area (Å²) in [6.07, 6.45) is 1.32. The van der Waals surface area contributed by atoms with Crippen LogP contribution in [0, 0.1) is 6.92 Å².